The van der Waals surface area contributed by atoms with Crippen LogP contribution in [0.5, 0.6) is 11.5 Å². The molecule has 0 spiro atoms. The normalized spacial score (nSPS) is 20.3. The summed E-state index contributed by atoms with van der Waals surface area (Å²) in [4.78, 5) is 31.1. The molecule has 3 atom stereocenters. The number of rotatable bonds is 7. The summed E-state index contributed by atoms with van der Waals surface area (Å²) in [6.45, 7) is 10.1. The van der Waals surface area contributed by atoms with E-state index in [-0.39, 0.29) is 24.2 Å². The third-order valence-corrected chi connectivity index (χ3v) is 5.85. The van der Waals surface area contributed by atoms with E-state index >= 15 is 0 Å². The molecule has 1 aromatic heterocycles. The maximum Gasteiger partial charge on any atom is 0.356 e. The average Bonchev–Trinajstić information content (AvgIpc) is 3.08. The number of H-pyrrole nitrogens is 1. The van der Waals surface area contributed by atoms with E-state index in [1.165, 1.54) is 6.42 Å². The molecule has 1 saturated heterocycles. The highest BCUT2D eigenvalue weighted by atomic mass is 16.5. The van der Waals surface area contributed by atoms with Crippen molar-refractivity contribution >= 4 is 28.5 Å². The number of nitrogens with one attached hydrogen (secondary N) is 2. The third kappa shape index (κ3) is 4.79. The van der Waals surface area contributed by atoms with Gasteiger partial charge in [-0.05, 0) is 38.2 Å². The number of amides is 1. The van der Waals surface area contributed by atoms with Gasteiger partial charge in [0.1, 0.15) is 5.69 Å². The van der Waals surface area contributed by atoms with Crippen LogP contribution in [0.3, 0.4) is 0 Å². The monoisotopic (exact) mass is 431 g/mol. The van der Waals surface area contributed by atoms with Crippen molar-refractivity contribution in [1.82, 2.24) is 9.88 Å². The molecular weight excluding hydrogens is 398 g/mol. The maximum atomic E-state index is 13.2. The molecule has 2 N–H and O–H groups in total. The highest BCUT2D eigenvalue weighted by Crippen LogP contribution is 2.37. The molecule has 1 aliphatic rings. The predicted octanol–water partition coefficient (Wildman–Crippen LogP) is 3.67. The number of methoxy groups -OCH3 is 2. The summed E-state index contributed by atoms with van der Waals surface area (Å²) in [7, 11) is 3.09. The van der Waals surface area contributed by atoms with Crippen molar-refractivity contribution in [2.75, 3.05) is 39.2 Å². The van der Waals surface area contributed by atoms with Crippen LogP contribution >= 0.6 is 0 Å². The van der Waals surface area contributed by atoms with E-state index in [0.717, 1.165) is 13.1 Å². The number of hydrogen-bond donors (Lipinski definition) is 2. The smallest absolute Gasteiger partial charge is 0.356 e. The molecule has 8 heteroatoms. The summed E-state index contributed by atoms with van der Waals surface area (Å²) < 4.78 is 16.0. The van der Waals surface area contributed by atoms with Crippen LogP contribution in [-0.4, -0.2) is 61.7 Å². The van der Waals surface area contributed by atoms with Gasteiger partial charge in [-0.25, -0.2) is 4.79 Å². The maximum absolute atomic E-state index is 13.2. The quantitative estimate of drug-likeness (QED) is 0.650. The number of fused-ring (bicyclic) bond motifs is 1. The minimum atomic E-state index is -0.528. The molecule has 0 bridgehead atoms. The predicted molar refractivity (Wildman–Crippen MR) is 120 cm³/mol. The molecule has 0 saturated carbocycles. The van der Waals surface area contributed by atoms with E-state index in [9.17, 15) is 9.59 Å². The fourth-order valence-electron chi connectivity index (χ4n) is 4.43. The standard InChI is InChI=1S/C23H33N3O5/c1-7-31-23(28)21-20(16-9-18(29-5)19(30-6)10-17(16)24-21)25-22(27)15(4)26-11-13(2)8-14(3)12-26/h9-10,13-15,24H,7-8,11-12H2,1-6H3,(H,25,27)/t13-,14+,15-/m1/s1. The van der Waals surface area contributed by atoms with E-state index < -0.39 is 5.97 Å². The second-order valence-corrected chi connectivity index (χ2v) is 8.41. The zero-order valence-corrected chi connectivity index (χ0v) is 19.2. The van der Waals surface area contributed by atoms with Gasteiger partial charge in [0, 0.05) is 24.5 Å². The number of nitrogens with zero attached hydrogens (tertiary/aromatic N) is 1. The lowest BCUT2D eigenvalue weighted by Crippen LogP contribution is -2.48. The Bertz CT molecular complexity index is 944. The van der Waals surface area contributed by atoms with Crippen molar-refractivity contribution in [3.05, 3.63) is 17.8 Å². The number of anilines is 1. The van der Waals surface area contributed by atoms with Crippen LogP contribution in [0.2, 0.25) is 0 Å². The Balaban J connectivity index is 1.97. The van der Waals surface area contributed by atoms with Crippen molar-refractivity contribution in [3.8, 4) is 11.5 Å². The summed E-state index contributed by atoms with van der Waals surface area (Å²) in [6.07, 6.45) is 1.17. The molecule has 0 aliphatic carbocycles. The van der Waals surface area contributed by atoms with Gasteiger partial charge in [0.15, 0.2) is 11.5 Å². The molecule has 1 fully saturated rings. The number of aromatic nitrogens is 1. The Morgan fingerprint density at radius 2 is 1.77 bits per heavy atom. The molecule has 31 heavy (non-hydrogen) atoms. The van der Waals surface area contributed by atoms with Crippen LogP contribution in [0.1, 0.15) is 44.6 Å². The van der Waals surface area contributed by atoms with E-state index in [1.54, 1.807) is 33.3 Å². The summed E-state index contributed by atoms with van der Waals surface area (Å²) >= 11 is 0. The fourth-order valence-corrected chi connectivity index (χ4v) is 4.43. The fraction of sp³-hybridized carbons (Fsp3) is 0.565. The SMILES string of the molecule is CCOC(=O)c1[nH]c2cc(OC)c(OC)cc2c1NC(=O)[C@@H](C)N1C[C@H](C)C[C@H](C)C1. The van der Waals surface area contributed by atoms with Gasteiger partial charge in [-0.3, -0.25) is 9.69 Å². The van der Waals surface area contributed by atoms with Crippen LogP contribution < -0.4 is 14.8 Å². The number of benzene rings is 1. The first-order valence-corrected chi connectivity index (χ1v) is 10.8. The number of ether oxygens (including phenoxy) is 3. The zero-order chi connectivity index (χ0) is 22.7. The number of hydrogen-bond acceptors (Lipinski definition) is 6. The highest BCUT2D eigenvalue weighted by molar-refractivity contribution is 6.12. The van der Waals surface area contributed by atoms with Crippen LogP contribution in [0.15, 0.2) is 12.1 Å². The van der Waals surface area contributed by atoms with Crippen LogP contribution in [0.4, 0.5) is 5.69 Å². The molecule has 2 aromatic rings. The van der Waals surface area contributed by atoms with Gasteiger partial charge in [-0.2, -0.15) is 0 Å². The summed E-state index contributed by atoms with van der Waals surface area (Å²) in [6, 6.07) is 3.16. The lowest BCUT2D eigenvalue weighted by Gasteiger charge is -2.38. The lowest BCUT2D eigenvalue weighted by atomic mass is 9.91. The summed E-state index contributed by atoms with van der Waals surface area (Å²) in [5, 5.41) is 3.63. The molecule has 0 radical (unpaired) electrons. The molecule has 0 unspecified atom stereocenters. The van der Waals surface area contributed by atoms with Crippen molar-refractivity contribution in [2.24, 2.45) is 11.8 Å². The lowest BCUT2D eigenvalue weighted by molar-refractivity contribution is -0.121. The largest absolute Gasteiger partial charge is 0.493 e. The number of carbonyl (C=O) groups is 2. The van der Waals surface area contributed by atoms with Crippen LogP contribution in [-0.2, 0) is 9.53 Å². The van der Waals surface area contributed by atoms with Gasteiger partial charge in [0.2, 0.25) is 5.91 Å². The molecule has 2 heterocycles. The van der Waals surface area contributed by atoms with E-state index in [0.29, 0.717) is 39.9 Å². The highest BCUT2D eigenvalue weighted by Gasteiger charge is 2.30. The number of carbonyl (C=O) groups excluding carboxylic acids is 2. The van der Waals surface area contributed by atoms with Gasteiger partial charge in [-0.1, -0.05) is 13.8 Å². The van der Waals surface area contributed by atoms with Gasteiger partial charge < -0.3 is 24.5 Å². The Labute approximate surface area is 183 Å². The molecule has 1 aliphatic heterocycles. The Hall–Kier alpha value is -2.74. The van der Waals surface area contributed by atoms with Gasteiger partial charge in [0.05, 0.1) is 38.1 Å². The van der Waals surface area contributed by atoms with Gasteiger partial charge >= 0.3 is 5.97 Å². The van der Waals surface area contributed by atoms with Crippen molar-refractivity contribution in [1.29, 1.82) is 0 Å². The molecule has 170 valence electrons. The average molecular weight is 432 g/mol. The second kappa shape index (κ2) is 9.60. The number of esters is 1. The topological polar surface area (TPSA) is 92.9 Å². The number of aromatic amines is 1. The van der Waals surface area contributed by atoms with Gasteiger partial charge in [-0.15, -0.1) is 0 Å². The third-order valence-electron chi connectivity index (χ3n) is 5.85. The molecule has 1 aromatic carbocycles. The minimum absolute atomic E-state index is 0.164. The number of piperidine rings is 1. The first-order chi connectivity index (χ1) is 14.8. The Morgan fingerprint density at radius 3 is 2.35 bits per heavy atom. The first-order valence-electron chi connectivity index (χ1n) is 10.8. The number of likely N-dealkylation sites (tertiary alicyclic amines) is 1. The van der Waals surface area contributed by atoms with E-state index in [2.05, 4.69) is 29.0 Å². The van der Waals surface area contributed by atoms with Crippen molar-refractivity contribution < 1.29 is 23.8 Å². The van der Waals surface area contributed by atoms with Gasteiger partial charge in [0.25, 0.3) is 0 Å². The molecule has 8 nitrogen and oxygen atoms in total. The molecular formula is C23H33N3O5. The van der Waals surface area contributed by atoms with E-state index in [1.807, 2.05) is 6.92 Å². The Kier molecular flexibility index (Phi) is 7.10. The summed E-state index contributed by atoms with van der Waals surface area (Å²) in [5.74, 6) is 1.42. The van der Waals surface area contributed by atoms with Crippen molar-refractivity contribution in [3.63, 3.8) is 0 Å². The van der Waals surface area contributed by atoms with E-state index in [4.69, 9.17) is 14.2 Å². The summed E-state index contributed by atoms with van der Waals surface area (Å²) in [5.41, 5.74) is 1.24. The molecule has 3 rings (SSSR count). The molecule has 1 amide bonds. The van der Waals surface area contributed by atoms with Crippen molar-refractivity contribution in [2.45, 2.75) is 40.2 Å². The minimum Gasteiger partial charge on any atom is -0.493 e. The second-order valence-electron chi connectivity index (χ2n) is 8.41. The van der Waals surface area contributed by atoms with Crippen LogP contribution in [0, 0.1) is 11.8 Å². The zero-order valence-electron chi connectivity index (χ0n) is 19.2. The van der Waals surface area contributed by atoms with Crippen LogP contribution in [0.25, 0.3) is 10.9 Å². The Morgan fingerprint density at radius 1 is 1.16 bits per heavy atom. The first kappa shape index (κ1) is 22.9.